The molecule has 0 aliphatic rings. The Kier molecular flexibility index (Phi) is 8.16. The lowest BCUT2D eigenvalue weighted by atomic mass is 10.1. The average molecular weight is 487 g/mol. The highest BCUT2D eigenvalue weighted by Gasteiger charge is 2.17. The van der Waals surface area contributed by atoms with E-state index in [2.05, 4.69) is 29.6 Å². The van der Waals surface area contributed by atoms with Crippen LogP contribution in [-0.2, 0) is 6.42 Å². The van der Waals surface area contributed by atoms with E-state index in [-0.39, 0.29) is 10.8 Å². The van der Waals surface area contributed by atoms with Crippen molar-refractivity contribution < 1.29 is 9.53 Å². The number of hydrogen-bond donors (Lipinski definition) is 1. The molecule has 1 aromatic heterocycles. The first-order chi connectivity index (χ1) is 17.1. The first-order valence-corrected chi connectivity index (χ1v) is 12.8. The summed E-state index contributed by atoms with van der Waals surface area (Å²) < 4.78 is 7.32. The summed E-state index contributed by atoms with van der Waals surface area (Å²) in [5.41, 5.74) is 4.27. The van der Waals surface area contributed by atoms with Crippen LogP contribution in [0.1, 0.15) is 40.6 Å². The van der Waals surface area contributed by atoms with Crippen LogP contribution in [0.15, 0.2) is 83.7 Å². The molecule has 0 aliphatic carbocycles. The van der Waals surface area contributed by atoms with Gasteiger partial charge in [0.2, 0.25) is 0 Å². The molecular formula is C29H30N2O3S. The molecule has 1 amide bonds. The Balaban J connectivity index is 1.48. The lowest BCUT2D eigenvalue weighted by Gasteiger charge is -2.12. The largest absolute Gasteiger partial charge is 0.494 e. The van der Waals surface area contributed by atoms with Gasteiger partial charge in [-0.2, -0.15) is 0 Å². The van der Waals surface area contributed by atoms with Crippen molar-refractivity contribution in [2.75, 3.05) is 13.2 Å². The average Bonchev–Trinajstić information content (AvgIpc) is 3.18. The molecule has 0 saturated carbocycles. The van der Waals surface area contributed by atoms with E-state index in [9.17, 15) is 9.59 Å². The first kappa shape index (κ1) is 24.5. The second-order valence-corrected chi connectivity index (χ2v) is 9.48. The van der Waals surface area contributed by atoms with Crippen LogP contribution in [0, 0.1) is 6.92 Å². The van der Waals surface area contributed by atoms with Gasteiger partial charge in [0.25, 0.3) is 5.91 Å². The minimum Gasteiger partial charge on any atom is -0.494 e. The van der Waals surface area contributed by atoms with Gasteiger partial charge in [-0.15, -0.1) is 0 Å². The number of aromatic nitrogens is 1. The van der Waals surface area contributed by atoms with Gasteiger partial charge < -0.3 is 10.1 Å². The van der Waals surface area contributed by atoms with E-state index in [1.807, 2.05) is 68.4 Å². The molecule has 0 saturated heterocycles. The maximum atomic E-state index is 12.9. The molecule has 4 rings (SSSR count). The van der Waals surface area contributed by atoms with Gasteiger partial charge in [0.1, 0.15) is 5.75 Å². The van der Waals surface area contributed by atoms with E-state index in [4.69, 9.17) is 4.74 Å². The molecule has 180 valence electrons. The van der Waals surface area contributed by atoms with Crippen molar-refractivity contribution in [2.24, 2.45) is 0 Å². The number of carbonyl (C=O) groups excluding carboxylic acids is 1. The van der Waals surface area contributed by atoms with Gasteiger partial charge in [0.15, 0.2) is 0 Å². The van der Waals surface area contributed by atoms with E-state index in [0.29, 0.717) is 24.5 Å². The number of amides is 1. The lowest BCUT2D eigenvalue weighted by molar-refractivity contribution is 0.0953. The maximum absolute atomic E-state index is 12.9. The van der Waals surface area contributed by atoms with Crippen LogP contribution >= 0.6 is 11.3 Å². The van der Waals surface area contributed by atoms with Crippen molar-refractivity contribution >= 4 is 17.2 Å². The predicted molar refractivity (Wildman–Crippen MR) is 143 cm³/mol. The number of carbonyl (C=O) groups is 1. The molecule has 0 unspecified atom stereocenters. The van der Waals surface area contributed by atoms with Crippen molar-refractivity contribution in [2.45, 2.75) is 33.1 Å². The van der Waals surface area contributed by atoms with E-state index >= 15 is 0 Å². The molecule has 0 aliphatic heterocycles. The Morgan fingerprint density at radius 1 is 0.971 bits per heavy atom. The highest BCUT2D eigenvalue weighted by atomic mass is 32.1. The number of nitrogens with one attached hydrogen (secondary N) is 1. The number of nitrogens with zero attached hydrogens (tertiary/aromatic N) is 1. The zero-order chi connectivity index (χ0) is 24.6. The number of unbranched alkanes of at least 4 members (excludes halogenated alkanes) is 1. The van der Waals surface area contributed by atoms with Gasteiger partial charge in [0, 0.05) is 28.6 Å². The Bertz CT molecular complexity index is 1340. The minimum atomic E-state index is -0.105. The SMILES string of the molecule is CCOc1cccc(-n2c(-c3cccc(C(=O)NCCCCc4ccccc4)c3)c(C)sc2=O)c1. The molecule has 0 radical (unpaired) electrons. The standard InChI is InChI=1S/C29H30N2O3S/c1-3-34-26-17-10-16-25(20-26)31-27(21(2)35-29(31)33)23-14-9-15-24(19-23)28(32)30-18-8-7-13-22-11-5-4-6-12-22/h4-6,9-12,14-17,19-20H,3,7-8,13,18H2,1-2H3,(H,30,32). The number of benzene rings is 3. The van der Waals surface area contributed by atoms with Gasteiger partial charge >= 0.3 is 4.87 Å². The van der Waals surface area contributed by atoms with Crippen molar-refractivity contribution in [3.63, 3.8) is 0 Å². The van der Waals surface area contributed by atoms with E-state index in [0.717, 1.165) is 41.1 Å². The summed E-state index contributed by atoms with van der Waals surface area (Å²) in [5.74, 6) is 0.610. The molecule has 3 aromatic carbocycles. The highest BCUT2D eigenvalue weighted by molar-refractivity contribution is 7.09. The molecule has 0 fully saturated rings. The van der Waals surface area contributed by atoms with Crippen LogP contribution in [0.3, 0.4) is 0 Å². The Hall–Kier alpha value is -3.64. The number of hydrogen-bond acceptors (Lipinski definition) is 4. The fourth-order valence-electron chi connectivity index (χ4n) is 4.13. The molecule has 0 bridgehead atoms. The van der Waals surface area contributed by atoms with Gasteiger partial charge in [-0.1, -0.05) is 59.9 Å². The molecule has 5 nitrogen and oxygen atoms in total. The quantitative estimate of drug-likeness (QED) is 0.279. The van der Waals surface area contributed by atoms with Gasteiger partial charge in [-0.3, -0.25) is 14.2 Å². The van der Waals surface area contributed by atoms with Crippen molar-refractivity contribution in [3.05, 3.63) is 105 Å². The van der Waals surface area contributed by atoms with Crippen molar-refractivity contribution in [1.29, 1.82) is 0 Å². The van der Waals surface area contributed by atoms with Crippen LogP contribution in [0.2, 0.25) is 0 Å². The minimum absolute atomic E-state index is 0.0700. The number of ether oxygens (including phenoxy) is 1. The number of aryl methyl sites for hydroxylation is 2. The summed E-state index contributed by atoms with van der Waals surface area (Å²) in [6.45, 7) is 5.04. The normalized spacial score (nSPS) is 10.8. The number of rotatable bonds is 10. The summed E-state index contributed by atoms with van der Waals surface area (Å²) >= 11 is 1.20. The molecule has 0 atom stereocenters. The van der Waals surface area contributed by atoms with Gasteiger partial charge in [0.05, 0.1) is 18.0 Å². The summed E-state index contributed by atoms with van der Waals surface area (Å²) in [6, 6.07) is 25.4. The molecule has 1 N–H and O–H groups in total. The Morgan fingerprint density at radius 2 is 1.77 bits per heavy atom. The summed E-state index contributed by atoms with van der Waals surface area (Å²) in [5, 5.41) is 3.03. The van der Waals surface area contributed by atoms with Crippen LogP contribution in [0.5, 0.6) is 5.75 Å². The highest BCUT2D eigenvalue weighted by Crippen LogP contribution is 2.29. The zero-order valence-corrected chi connectivity index (χ0v) is 20.9. The fourth-order valence-corrected chi connectivity index (χ4v) is 4.99. The summed E-state index contributed by atoms with van der Waals surface area (Å²) in [4.78, 5) is 26.5. The third kappa shape index (κ3) is 6.08. The maximum Gasteiger partial charge on any atom is 0.312 e. The molecule has 1 heterocycles. The summed E-state index contributed by atoms with van der Waals surface area (Å²) in [7, 11) is 0. The van der Waals surface area contributed by atoms with Gasteiger partial charge in [-0.05, 0) is 62.9 Å². The van der Waals surface area contributed by atoms with Crippen molar-refractivity contribution in [1.82, 2.24) is 9.88 Å². The molecule has 6 heteroatoms. The summed E-state index contributed by atoms with van der Waals surface area (Å²) in [6.07, 6.45) is 2.94. The topological polar surface area (TPSA) is 60.3 Å². The second kappa shape index (κ2) is 11.7. The third-order valence-corrected chi connectivity index (χ3v) is 6.64. The second-order valence-electron chi connectivity index (χ2n) is 8.32. The van der Waals surface area contributed by atoms with Gasteiger partial charge in [-0.25, -0.2) is 0 Å². The first-order valence-electron chi connectivity index (χ1n) is 11.9. The van der Waals surface area contributed by atoms with Crippen LogP contribution in [-0.4, -0.2) is 23.6 Å². The molecular weight excluding hydrogens is 456 g/mol. The van der Waals surface area contributed by atoms with E-state index < -0.39 is 0 Å². The fraction of sp³-hybridized carbons (Fsp3) is 0.241. The van der Waals surface area contributed by atoms with Crippen LogP contribution < -0.4 is 14.9 Å². The molecule has 4 aromatic rings. The number of thiazole rings is 1. The zero-order valence-electron chi connectivity index (χ0n) is 20.1. The monoisotopic (exact) mass is 486 g/mol. The van der Waals surface area contributed by atoms with Crippen molar-refractivity contribution in [3.8, 4) is 22.7 Å². The Morgan fingerprint density at radius 3 is 2.57 bits per heavy atom. The lowest BCUT2D eigenvalue weighted by Crippen LogP contribution is -2.24. The van der Waals surface area contributed by atoms with E-state index in [1.165, 1.54) is 16.9 Å². The smallest absolute Gasteiger partial charge is 0.312 e. The third-order valence-electron chi connectivity index (χ3n) is 5.79. The van der Waals surface area contributed by atoms with Crippen LogP contribution in [0.25, 0.3) is 16.9 Å². The predicted octanol–water partition coefficient (Wildman–Crippen LogP) is 6.03. The molecule has 0 spiro atoms. The van der Waals surface area contributed by atoms with E-state index in [1.54, 1.807) is 4.57 Å². The molecule has 35 heavy (non-hydrogen) atoms. The van der Waals surface area contributed by atoms with Crippen LogP contribution in [0.4, 0.5) is 0 Å². The Labute approximate surface area is 210 Å².